The normalized spacial score (nSPS) is 18.2. The van der Waals surface area contributed by atoms with Crippen LogP contribution < -0.4 is 16.4 Å². The molecule has 0 bridgehead atoms. The SMILES string of the molecule is CC[C@H](C)[C@@H]([C@H](CC(=O)N1CCC[C@H]1[C@H](OC)[C@@H](C)C(=O)N[C@@H](Cc1ccccc1)c1nccs1)OC)N(C)C(=O)[C@@H](NC(=O)[C@H](C(C)C)N(C)Cc1ccc(N)cc1)C(C)C. The summed E-state index contributed by atoms with van der Waals surface area (Å²) in [5.74, 6) is -1.59. The molecule has 0 aliphatic carbocycles. The van der Waals surface area contributed by atoms with Gasteiger partial charge in [-0.25, -0.2) is 4.98 Å². The minimum atomic E-state index is -0.806. The lowest BCUT2D eigenvalue weighted by Gasteiger charge is -2.41. The van der Waals surface area contributed by atoms with Gasteiger partial charge in [0.25, 0.3) is 0 Å². The largest absolute Gasteiger partial charge is 0.399 e. The van der Waals surface area contributed by atoms with Crippen molar-refractivity contribution >= 4 is 40.7 Å². The van der Waals surface area contributed by atoms with Gasteiger partial charge in [-0.15, -0.1) is 11.3 Å². The van der Waals surface area contributed by atoms with E-state index in [0.717, 1.165) is 29.0 Å². The number of hydrogen-bond acceptors (Lipinski definition) is 10. The van der Waals surface area contributed by atoms with Crippen LogP contribution in [0, 0.1) is 23.7 Å². The molecule has 9 atom stereocenters. The van der Waals surface area contributed by atoms with Gasteiger partial charge >= 0.3 is 0 Å². The van der Waals surface area contributed by atoms with Gasteiger partial charge in [0.2, 0.25) is 23.6 Å². The maximum Gasteiger partial charge on any atom is 0.245 e. The Morgan fingerprint density at radius 2 is 1.58 bits per heavy atom. The predicted octanol–water partition coefficient (Wildman–Crippen LogP) is 6.34. The van der Waals surface area contributed by atoms with Crippen molar-refractivity contribution in [3.63, 3.8) is 0 Å². The highest BCUT2D eigenvalue weighted by Crippen LogP contribution is 2.31. The average molecular weight is 876 g/mol. The zero-order chi connectivity index (χ0) is 45.7. The first-order valence-electron chi connectivity index (χ1n) is 22.2. The second-order valence-corrected chi connectivity index (χ2v) is 18.7. The Balaban J connectivity index is 1.48. The number of carbonyl (C=O) groups excluding carboxylic acids is 4. The molecule has 1 aliphatic rings. The number of nitrogens with zero attached hydrogens (tertiary/aromatic N) is 4. The molecule has 1 aromatic heterocycles. The number of hydrogen-bond donors (Lipinski definition) is 3. The van der Waals surface area contributed by atoms with E-state index in [-0.39, 0.29) is 59.9 Å². The summed E-state index contributed by atoms with van der Waals surface area (Å²) in [4.78, 5) is 67.1. The monoisotopic (exact) mass is 876 g/mol. The number of carbonyl (C=O) groups is 4. The fraction of sp³-hybridized carbons (Fsp3) is 0.604. The second-order valence-electron chi connectivity index (χ2n) is 17.8. The van der Waals surface area contributed by atoms with E-state index in [9.17, 15) is 19.2 Å². The van der Waals surface area contributed by atoms with E-state index in [4.69, 9.17) is 15.2 Å². The number of methoxy groups -OCH3 is 2. The van der Waals surface area contributed by atoms with Crippen molar-refractivity contribution in [2.45, 2.75) is 130 Å². The molecule has 4 amide bonds. The van der Waals surface area contributed by atoms with Crippen LogP contribution in [0.25, 0.3) is 0 Å². The van der Waals surface area contributed by atoms with E-state index < -0.39 is 36.3 Å². The average Bonchev–Trinajstić information content (AvgIpc) is 3.97. The van der Waals surface area contributed by atoms with Gasteiger partial charge in [0.1, 0.15) is 11.0 Å². The maximum atomic E-state index is 14.6. The van der Waals surface area contributed by atoms with Crippen LogP contribution in [-0.4, -0.2) is 115 Å². The predicted molar refractivity (Wildman–Crippen MR) is 247 cm³/mol. The number of ether oxygens (including phenoxy) is 2. The van der Waals surface area contributed by atoms with E-state index in [2.05, 4.69) is 29.5 Å². The summed E-state index contributed by atoms with van der Waals surface area (Å²) in [7, 11) is 6.85. The summed E-state index contributed by atoms with van der Waals surface area (Å²) in [5.41, 5.74) is 8.70. The number of aromatic nitrogens is 1. The number of benzene rings is 2. The summed E-state index contributed by atoms with van der Waals surface area (Å²) >= 11 is 1.50. The Hall–Kier alpha value is -4.37. The zero-order valence-corrected chi connectivity index (χ0v) is 39.7. The molecule has 1 saturated heterocycles. The zero-order valence-electron chi connectivity index (χ0n) is 38.9. The first-order valence-corrected chi connectivity index (χ1v) is 23.1. The van der Waals surface area contributed by atoms with E-state index >= 15 is 0 Å². The number of nitrogen functional groups attached to an aromatic ring is 1. The molecule has 4 rings (SSSR count). The topological polar surface area (TPSA) is 159 Å². The Morgan fingerprint density at radius 1 is 0.903 bits per heavy atom. The van der Waals surface area contributed by atoms with Crippen LogP contribution in [0.4, 0.5) is 5.69 Å². The Labute approximate surface area is 374 Å². The van der Waals surface area contributed by atoms with Crippen LogP contribution >= 0.6 is 11.3 Å². The van der Waals surface area contributed by atoms with E-state index in [1.165, 1.54) is 11.3 Å². The molecular formula is C48H73N7O6S. The molecular weight excluding hydrogens is 803 g/mol. The first kappa shape index (κ1) is 50.3. The third-order valence-corrected chi connectivity index (χ3v) is 13.5. The molecule has 0 radical (unpaired) electrons. The molecule has 14 heteroatoms. The molecule has 4 N–H and O–H groups in total. The molecule has 1 fully saturated rings. The standard InChI is InChI=1S/C48H73N7O6S/c1-12-32(6)43(54(9)48(59)41(30(2)3)52-46(58)42(31(4)5)53(8)29-35-20-22-36(49)23-21-35)39(60-10)28-40(56)55-25-16-19-38(55)44(61-11)33(7)45(57)51-37(47-50-24-26-62-47)27-34-17-14-13-15-18-34/h13-15,17-18,20-24,26,30-33,37-39,41-44H,12,16,19,25,27-29,49H2,1-11H3,(H,51,57)(H,52,58)/t32-,33+,37-,38-,39-,41-,42-,43-,44+/m0/s1. The second kappa shape index (κ2) is 23.9. The number of thiazole rings is 1. The highest BCUT2D eigenvalue weighted by atomic mass is 32.1. The number of nitrogens with two attached hydrogens (primary N) is 1. The van der Waals surface area contributed by atoms with Crippen molar-refractivity contribution in [2.75, 3.05) is 40.6 Å². The molecule has 3 aromatic rings. The summed E-state index contributed by atoms with van der Waals surface area (Å²) in [6.45, 7) is 14.9. The number of likely N-dealkylation sites (tertiary alicyclic amines) is 1. The summed E-state index contributed by atoms with van der Waals surface area (Å²) in [5, 5.41) is 9.10. The van der Waals surface area contributed by atoms with Crippen LogP contribution in [0.2, 0.25) is 0 Å². The van der Waals surface area contributed by atoms with Crippen molar-refractivity contribution in [2.24, 2.45) is 23.7 Å². The number of rotatable bonds is 23. The summed E-state index contributed by atoms with van der Waals surface area (Å²) in [6.07, 6.45) is 3.38. The van der Waals surface area contributed by atoms with E-state index in [0.29, 0.717) is 31.6 Å². The smallest absolute Gasteiger partial charge is 0.245 e. The lowest BCUT2D eigenvalue weighted by molar-refractivity contribution is -0.148. The number of nitrogens with one attached hydrogen (secondary N) is 2. The highest BCUT2D eigenvalue weighted by molar-refractivity contribution is 7.09. The molecule has 342 valence electrons. The summed E-state index contributed by atoms with van der Waals surface area (Å²) < 4.78 is 12.2. The van der Waals surface area contributed by atoms with Crippen LogP contribution in [0.3, 0.4) is 0 Å². The molecule has 0 saturated carbocycles. The van der Waals surface area contributed by atoms with Gasteiger partial charge in [0.05, 0.1) is 48.7 Å². The fourth-order valence-corrected chi connectivity index (χ4v) is 9.75. The van der Waals surface area contributed by atoms with Gasteiger partial charge in [0.15, 0.2) is 0 Å². The van der Waals surface area contributed by atoms with Gasteiger partial charge in [-0.2, -0.15) is 0 Å². The van der Waals surface area contributed by atoms with Crippen molar-refractivity contribution in [3.05, 3.63) is 82.3 Å². The number of likely N-dealkylation sites (N-methyl/N-ethyl adjacent to an activating group) is 2. The number of amides is 4. The van der Waals surface area contributed by atoms with Gasteiger partial charge in [-0.3, -0.25) is 24.1 Å². The molecule has 13 nitrogen and oxygen atoms in total. The minimum Gasteiger partial charge on any atom is -0.399 e. The van der Waals surface area contributed by atoms with Gasteiger partial charge < -0.3 is 35.6 Å². The lowest BCUT2D eigenvalue weighted by atomic mass is 9.89. The third-order valence-electron chi connectivity index (χ3n) is 12.6. The number of anilines is 1. The first-order chi connectivity index (χ1) is 29.5. The molecule has 1 aliphatic heterocycles. The van der Waals surface area contributed by atoms with Crippen LogP contribution in [0.5, 0.6) is 0 Å². The van der Waals surface area contributed by atoms with Crippen molar-refractivity contribution < 1.29 is 28.7 Å². The molecule has 2 heterocycles. The quantitative estimate of drug-likeness (QED) is 0.0925. The minimum absolute atomic E-state index is 0.0316. The maximum absolute atomic E-state index is 14.6. The molecule has 62 heavy (non-hydrogen) atoms. The van der Waals surface area contributed by atoms with Crippen molar-refractivity contribution in [1.29, 1.82) is 0 Å². The van der Waals surface area contributed by atoms with E-state index in [1.54, 1.807) is 32.4 Å². The highest BCUT2D eigenvalue weighted by Gasteiger charge is 2.43. The van der Waals surface area contributed by atoms with Gasteiger partial charge in [0, 0.05) is 51.6 Å². The summed E-state index contributed by atoms with van der Waals surface area (Å²) in [6, 6.07) is 15.2. The molecule has 0 spiro atoms. The van der Waals surface area contributed by atoms with Crippen molar-refractivity contribution in [1.82, 2.24) is 30.3 Å². The van der Waals surface area contributed by atoms with Gasteiger partial charge in [-0.1, -0.05) is 97.4 Å². The Bertz CT molecular complexity index is 1850. The molecule has 0 unspecified atom stereocenters. The van der Waals surface area contributed by atoms with Crippen LogP contribution in [0.1, 0.15) is 96.3 Å². The van der Waals surface area contributed by atoms with Crippen LogP contribution in [0.15, 0.2) is 66.2 Å². The Morgan fingerprint density at radius 3 is 2.15 bits per heavy atom. The van der Waals surface area contributed by atoms with Crippen LogP contribution in [-0.2, 0) is 41.6 Å². The van der Waals surface area contributed by atoms with E-state index in [1.807, 2.05) is 111 Å². The van der Waals surface area contributed by atoms with Gasteiger partial charge in [-0.05, 0) is 67.3 Å². The lowest BCUT2D eigenvalue weighted by Crippen LogP contribution is -2.60. The van der Waals surface area contributed by atoms with Crippen molar-refractivity contribution in [3.8, 4) is 0 Å². The third kappa shape index (κ3) is 13.1. The fourth-order valence-electron chi connectivity index (χ4n) is 9.06. The molecule has 2 aromatic carbocycles. The Kier molecular flexibility index (Phi) is 19.4.